The molecule has 0 radical (unpaired) electrons. The van der Waals surface area contributed by atoms with Gasteiger partial charge in [0.1, 0.15) is 18.1 Å². The van der Waals surface area contributed by atoms with Crippen molar-refractivity contribution in [3.63, 3.8) is 0 Å². The molecule has 3 nitrogen and oxygen atoms in total. The molecule has 108 valence electrons. The Morgan fingerprint density at radius 1 is 1.32 bits per heavy atom. The van der Waals surface area contributed by atoms with Gasteiger partial charge in [-0.3, -0.25) is 0 Å². The lowest BCUT2D eigenvalue weighted by Gasteiger charge is -2.37. The number of hydrogen-bond donors (Lipinski definition) is 2. The molecule has 0 saturated heterocycles. The van der Waals surface area contributed by atoms with Crippen molar-refractivity contribution < 1.29 is 9.52 Å². The summed E-state index contributed by atoms with van der Waals surface area (Å²) in [6.07, 6.45) is 3.95. The molecule has 3 unspecified atom stereocenters. The first-order chi connectivity index (χ1) is 9.10. The van der Waals surface area contributed by atoms with E-state index >= 15 is 0 Å². The van der Waals surface area contributed by atoms with Crippen molar-refractivity contribution in [2.75, 3.05) is 0 Å². The van der Waals surface area contributed by atoms with Crippen LogP contribution >= 0.6 is 0 Å². The van der Waals surface area contributed by atoms with E-state index in [9.17, 15) is 0 Å². The van der Waals surface area contributed by atoms with E-state index in [1.54, 1.807) is 0 Å². The van der Waals surface area contributed by atoms with Crippen LogP contribution in [-0.2, 0) is 13.2 Å². The van der Waals surface area contributed by atoms with Gasteiger partial charge in [0.2, 0.25) is 0 Å². The summed E-state index contributed by atoms with van der Waals surface area (Å²) in [6.45, 7) is 7.75. The Hall–Kier alpha value is -0.800. The molecular formula is C16H27NO2. The van der Waals surface area contributed by atoms with Crippen LogP contribution in [0.4, 0.5) is 0 Å². The molecule has 0 spiro atoms. The Kier molecular flexibility index (Phi) is 5.06. The van der Waals surface area contributed by atoms with Crippen LogP contribution in [0, 0.1) is 17.8 Å². The minimum atomic E-state index is -0.0188. The van der Waals surface area contributed by atoms with E-state index in [1.807, 2.05) is 12.1 Å². The third-order valence-corrected chi connectivity index (χ3v) is 4.43. The Labute approximate surface area is 116 Å². The van der Waals surface area contributed by atoms with Crippen molar-refractivity contribution >= 4 is 0 Å². The predicted molar refractivity (Wildman–Crippen MR) is 76.6 cm³/mol. The molecule has 1 aromatic heterocycles. The summed E-state index contributed by atoms with van der Waals surface area (Å²) in [6, 6.07) is 4.39. The lowest BCUT2D eigenvalue weighted by molar-refractivity contribution is 0.166. The SMILES string of the molecule is CC1CCC(C(C)C)C(NCc2ccc(CO)o2)C1. The highest BCUT2D eigenvalue weighted by molar-refractivity contribution is 5.06. The zero-order valence-electron chi connectivity index (χ0n) is 12.4. The molecule has 19 heavy (non-hydrogen) atoms. The Balaban J connectivity index is 1.91. The van der Waals surface area contributed by atoms with Crippen LogP contribution in [-0.4, -0.2) is 11.1 Å². The molecular weight excluding hydrogens is 238 g/mol. The molecule has 2 N–H and O–H groups in total. The summed E-state index contributed by atoms with van der Waals surface area (Å²) in [5.74, 6) is 3.88. The fraction of sp³-hybridized carbons (Fsp3) is 0.750. The third kappa shape index (κ3) is 3.83. The second kappa shape index (κ2) is 6.58. The molecule has 1 aliphatic carbocycles. The monoisotopic (exact) mass is 265 g/mol. The second-order valence-corrected chi connectivity index (χ2v) is 6.34. The standard InChI is InChI=1S/C16H27NO2/c1-11(2)15-7-4-12(3)8-16(15)17-9-13-5-6-14(10-18)19-13/h5-6,11-12,15-18H,4,7-10H2,1-3H3. The van der Waals surface area contributed by atoms with Crippen LogP contribution in [0.2, 0.25) is 0 Å². The quantitative estimate of drug-likeness (QED) is 0.858. The van der Waals surface area contributed by atoms with Gasteiger partial charge in [-0.2, -0.15) is 0 Å². The van der Waals surface area contributed by atoms with Gasteiger partial charge in [-0.05, 0) is 42.7 Å². The number of aliphatic hydroxyl groups excluding tert-OH is 1. The summed E-state index contributed by atoms with van der Waals surface area (Å²) in [5, 5.41) is 12.7. The summed E-state index contributed by atoms with van der Waals surface area (Å²) in [5.41, 5.74) is 0. The molecule has 3 heteroatoms. The predicted octanol–water partition coefficient (Wildman–Crippen LogP) is 3.32. The highest BCUT2D eigenvalue weighted by Crippen LogP contribution is 2.33. The van der Waals surface area contributed by atoms with E-state index < -0.39 is 0 Å². The molecule has 1 aromatic rings. The fourth-order valence-electron chi connectivity index (χ4n) is 3.27. The minimum Gasteiger partial charge on any atom is -0.462 e. The zero-order valence-corrected chi connectivity index (χ0v) is 12.4. The van der Waals surface area contributed by atoms with Crippen LogP contribution in [0.3, 0.4) is 0 Å². The maximum Gasteiger partial charge on any atom is 0.129 e. The van der Waals surface area contributed by atoms with E-state index in [-0.39, 0.29) is 6.61 Å². The van der Waals surface area contributed by atoms with Gasteiger partial charge in [0.15, 0.2) is 0 Å². The number of aliphatic hydroxyl groups is 1. The smallest absolute Gasteiger partial charge is 0.129 e. The molecule has 1 heterocycles. The van der Waals surface area contributed by atoms with Gasteiger partial charge < -0.3 is 14.8 Å². The average Bonchev–Trinajstić information content (AvgIpc) is 2.84. The molecule has 0 aliphatic heterocycles. The van der Waals surface area contributed by atoms with Crippen molar-refractivity contribution in [3.8, 4) is 0 Å². The maximum atomic E-state index is 9.00. The molecule has 0 aromatic carbocycles. The molecule has 2 rings (SSSR count). The van der Waals surface area contributed by atoms with Crippen LogP contribution < -0.4 is 5.32 Å². The largest absolute Gasteiger partial charge is 0.462 e. The summed E-state index contributed by atoms with van der Waals surface area (Å²) in [4.78, 5) is 0. The van der Waals surface area contributed by atoms with E-state index in [0.717, 1.165) is 30.1 Å². The van der Waals surface area contributed by atoms with E-state index in [2.05, 4.69) is 26.1 Å². The Bertz CT molecular complexity index is 386. The van der Waals surface area contributed by atoms with Crippen molar-refractivity contribution in [3.05, 3.63) is 23.7 Å². The van der Waals surface area contributed by atoms with Gasteiger partial charge in [0, 0.05) is 6.04 Å². The first-order valence-electron chi connectivity index (χ1n) is 7.52. The molecule has 0 amide bonds. The molecule has 1 fully saturated rings. The minimum absolute atomic E-state index is 0.0188. The zero-order chi connectivity index (χ0) is 13.8. The van der Waals surface area contributed by atoms with Gasteiger partial charge in [0.05, 0.1) is 6.54 Å². The summed E-state index contributed by atoms with van der Waals surface area (Å²) >= 11 is 0. The van der Waals surface area contributed by atoms with Crippen molar-refractivity contribution in [1.82, 2.24) is 5.32 Å². The maximum absolute atomic E-state index is 9.00. The first-order valence-corrected chi connectivity index (χ1v) is 7.52. The lowest BCUT2D eigenvalue weighted by atomic mass is 9.74. The molecule has 3 atom stereocenters. The van der Waals surface area contributed by atoms with Gasteiger partial charge in [-0.25, -0.2) is 0 Å². The van der Waals surface area contributed by atoms with Crippen molar-refractivity contribution in [2.45, 2.75) is 59.2 Å². The van der Waals surface area contributed by atoms with Crippen LogP contribution in [0.15, 0.2) is 16.5 Å². The normalized spacial score (nSPS) is 27.9. The Morgan fingerprint density at radius 2 is 2.05 bits per heavy atom. The summed E-state index contributed by atoms with van der Waals surface area (Å²) < 4.78 is 5.53. The van der Waals surface area contributed by atoms with Crippen LogP contribution in [0.25, 0.3) is 0 Å². The second-order valence-electron chi connectivity index (χ2n) is 6.34. The fourth-order valence-corrected chi connectivity index (χ4v) is 3.27. The highest BCUT2D eigenvalue weighted by atomic mass is 16.4. The number of rotatable bonds is 5. The van der Waals surface area contributed by atoms with E-state index in [0.29, 0.717) is 11.8 Å². The first kappa shape index (κ1) is 14.6. The van der Waals surface area contributed by atoms with Crippen LogP contribution in [0.5, 0.6) is 0 Å². The van der Waals surface area contributed by atoms with Crippen molar-refractivity contribution in [1.29, 1.82) is 0 Å². The van der Waals surface area contributed by atoms with Gasteiger partial charge in [-0.15, -0.1) is 0 Å². The molecule has 1 aliphatic rings. The van der Waals surface area contributed by atoms with E-state index in [4.69, 9.17) is 9.52 Å². The van der Waals surface area contributed by atoms with Crippen molar-refractivity contribution in [2.24, 2.45) is 17.8 Å². The number of nitrogens with one attached hydrogen (secondary N) is 1. The van der Waals surface area contributed by atoms with E-state index in [1.165, 1.54) is 19.3 Å². The lowest BCUT2D eigenvalue weighted by Crippen LogP contribution is -2.42. The van der Waals surface area contributed by atoms with Gasteiger partial charge in [0.25, 0.3) is 0 Å². The number of hydrogen-bond acceptors (Lipinski definition) is 3. The average molecular weight is 265 g/mol. The van der Waals surface area contributed by atoms with Gasteiger partial charge >= 0.3 is 0 Å². The topological polar surface area (TPSA) is 45.4 Å². The summed E-state index contributed by atoms with van der Waals surface area (Å²) in [7, 11) is 0. The highest BCUT2D eigenvalue weighted by Gasteiger charge is 2.30. The molecule has 0 bridgehead atoms. The Morgan fingerprint density at radius 3 is 2.68 bits per heavy atom. The van der Waals surface area contributed by atoms with Crippen LogP contribution in [0.1, 0.15) is 51.6 Å². The van der Waals surface area contributed by atoms with Gasteiger partial charge in [-0.1, -0.05) is 27.2 Å². The third-order valence-electron chi connectivity index (χ3n) is 4.43. The molecule has 1 saturated carbocycles. The number of furan rings is 1.